The minimum Gasteiger partial charge on any atom is -0.397 e. The van der Waals surface area contributed by atoms with Gasteiger partial charge in [0.2, 0.25) is 0 Å². The molecule has 0 bridgehead atoms. The monoisotopic (exact) mass is 167 g/mol. The second-order valence-corrected chi connectivity index (χ2v) is 2.61. The first-order chi connectivity index (χ1) is 5.29. The van der Waals surface area contributed by atoms with Gasteiger partial charge in [0.25, 0.3) is 0 Å². The molecule has 3 nitrogen and oxygen atoms in total. The lowest BCUT2D eigenvalue weighted by Crippen LogP contribution is -1.89. The SMILES string of the molecule is Nc1cccn2cnc(Cl)c12. The highest BCUT2D eigenvalue weighted by molar-refractivity contribution is 6.33. The highest BCUT2D eigenvalue weighted by atomic mass is 35.5. The van der Waals surface area contributed by atoms with Gasteiger partial charge in [0.1, 0.15) is 11.8 Å². The van der Waals surface area contributed by atoms with E-state index in [4.69, 9.17) is 17.3 Å². The van der Waals surface area contributed by atoms with E-state index in [1.165, 1.54) is 0 Å². The Balaban J connectivity index is 2.96. The minimum atomic E-state index is 0.447. The molecule has 0 aliphatic rings. The molecule has 0 aliphatic heterocycles. The zero-order valence-electron chi connectivity index (χ0n) is 5.66. The summed E-state index contributed by atoms with van der Waals surface area (Å²) in [7, 11) is 0. The Bertz CT molecular complexity index is 393. The normalized spacial score (nSPS) is 10.6. The Labute approximate surface area is 68.4 Å². The number of nitrogen functional groups attached to an aromatic ring is 1. The molecule has 56 valence electrons. The van der Waals surface area contributed by atoms with Crippen LogP contribution in [0.15, 0.2) is 24.7 Å². The molecule has 0 saturated carbocycles. The maximum atomic E-state index is 5.77. The second kappa shape index (κ2) is 2.13. The number of pyridine rings is 1. The molecular formula is C7H6ClN3. The van der Waals surface area contributed by atoms with E-state index in [1.807, 2.05) is 12.3 Å². The molecular weight excluding hydrogens is 162 g/mol. The van der Waals surface area contributed by atoms with E-state index in [2.05, 4.69) is 4.98 Å². The van der Waals surface area contributed by atoms with Crippen molar-refractivity contribution >= 4 is 22.8 Å². The van der Waals surface area contributed by atoms with Crippen molar-refractivity contribution in [2.24, 2.45) is 0 Å². The maximum Gasteiger partial charge on any atom is 0.156 e. The lowest BCUT2D eigenvalue weighted by Gasteiger charge is -1.95. The molecule has 0 amide bonds. The molecule has 0 fully saturated rings. The van der Waals surface area contributed by atoms with Crippen molar-refractivity contribution in [3.05, 3.63) is 29.8 Å². The van der Waals surface area contributed by atoms with Crippen molar-refractivity contribution in [1.29, 1.82) is 0 Å². The second-order valence-electron chi connectivity index (χ2n) is 2.25. The van der Waals surface area contributed by atoms with E-state index in [-0.39, 0.29) is 0 Å². The third-order valence-corrected chi connectivity index (χ3v) is 1.82. The van der Waals surface area contributed by atoms with Gasteiger partial charge in [-0.25, -0.2) is 4.98 Å². The van der Waals surface area contributed by atoms with Crippen LogP contribution in [-0.2, 0) is 0 Å². The van der Waals surface area contributed by atoms with Crippen molar-refractivity contribution in [3.8, 4) is 0 Å². The number of halogens is 1. The zero-order valence-corrected chi connectivity index (χ0v) is 6.42. The van der Waals surface area contributed by atoms with Gasteiger partial charge in [0, 0.05) is 6.20 Å². The predicted octanol–water partition coefficient (Wildman–Crippen LogP) is 1.57. The quantitative estimate of drug-likeness (QED) is 0.647. The summed E-state index contributed by atoms with van der Waals surface area (Å²) in [4.78, 5) is 3.90. The molecule has 11 heavy (non-hydrogen) atoms. The molecule has 0 spiro atoms. The number of anilines is 1. The van der Waals surface area contributed by atoms with Crippen LogP contribution in [0.1, 0.15) is 0 Å². The van der Waals surface area contributed by atoms with Crippen LogP contribution in [-0.4, -0.2) is 9.38 Å². The van der Waals surface area contributed by atoms with E-state index < -0.39 is 0 Å². The number of imidazole rings is 1. The minimum absolute atomic E-state index is 0.447. The molecule has 2 aromatic rings. The number of hydrogen-bond acceptors (Lipinski definition) is 2. The fourth-order valence-electron chi connectivity index (χ4n) is 1.04. The molecule has 0 unspecified atom stereocenters. The molecule has 4 heteroatoms. The molecule has 2 N–H and O–H groups in total. The summed E-state index contributed by atoms with van der Waals surface area (Å²) in [5.74, 6) is 0. The first-order valence-electron chi connectivity index (χ1n) is 3.15. The molecule has 2 rings (SSSR count). The molecule has 2 heterocycles. The fourth-order valence-corrected chi connectivity index (χ4v) is 1.29. The van der Waals surface area contributed by atoms with Crippen molar-refractivity contribution < 1.29 is 0 Å². The third-order valence-electron chi connectivity index (χ3n) is 1.54. The standard InChI is InChI=1S/C7H6ClN3/c8-7-6-5(9)2-1-3-11(6)4-10-7/h1-4H,9H2. The summed E-state index contributed by atoms with van der Waals surface area (Å²) in [6.45, 7) is 0. The fraction of sp³-hybridized carbons (Fsp3) is 0. The highest BCUT2D eigenvalue weighted by Crippen LogP contribution is 2.20. The van der Waals surface area contributed by atoms with Gasteiger partial charge in [-0.2, -0.15) is 0 Å². The molecule has 2 aromatic heterocycles. The van der Waals surface area contributed by atoms with Crippen LogP contribution >= 0.6 is 11.6 Å². The van der Waals surface area contributed by atoms with Crippen molar-refractivity contribution in [3.63, 3.8) is 0 Å². The van der Waals surface area contributed by atoms with E-state index in [0.717, 1.165) is 5.52 Å². The summed E-state index contributed by atoms with van der Waals surface area (Å²) in [5, 5.41) is 0.447. The van der Waals surface area contributed by atoms with E-state index in [0.29, 0.717) is 10.8 Å². The molecule has 0 aliphatic carbocycles. The Kier molecular flexibility index (Phi) is 1.26. The van der Waals surface area contributed by atoms with Gasteiger partial charge in [0.15, 0.2) is 5.15 Å². The lowest BCUT2D eigenvalue weighted by atomic mass is 10.4. The Morgan fingerprint density at radius 2 is 2.36 bits per heavy atom. The molecule has 0 atom stereocenters. The van der Waals surface area contributed by atoms with Gasteiger partial charge in [-0.1, -0.05) is 11.6 Å². The van der Waals surface area contributed by atoms with Crippen LogP contribution in [0, 0.1) is 0 Å². The Morgan fingerprint density at radius 1 is 1.55 bits per heavy atom. The van der Waals surface area contributed by atoms with Gasteiger partial charge in [-0.3, -0.25) is 0 Å². The maximum absolute atomic E-state index is 5.77. The van der Waals surface area contributed by atoms with Gasteiger partial charge in [0.05, 0.1) is 5.69 Å². The van der Waals surface area contributed by atoms with E-state index in [1.54, 1.807) is 16.8 Å². The highest BCUT2D eigenvalue weighted by Gasteiger charge is 2.02. The van der Waals surface area contributed by atoms with Crippen LogP contribution in [0.4, 0.5) is 5.69 Å². The summed E-state index contributed by atoms with van der Waals surface area (Å²) >= 11 is 5.77. The number of hydrogen-bond donors (Lipinski definition) is 1. The Hall–Kier alpha value is -1.22. The van der Waals surface area contributed by atoms with E-state index >= 15 is 0 Å². The third kappa shape index (κ3) is 0.851. The first kappa shape index (κ1) is 6.49. The van der Waals surface area contributed by atoms with Crippen LogP contribution in [0.3, 0.4) is 0 Å². The van der Waals surface area contributed by atoms with Crippen LogP contribution in [0.5, 0.6) is 0 Å². The van der Waals surface area contributed by atoms with Crippen molar-refractivity contribution in [2.75, 3.05) is 5.73 Å². The Morgan fingerprint density at radius 3 is 3.09 bits per heavy atom. The molecule has 0 aromatic carbocycles. The number of nitrogens with two attached hydrogens (primary N) is 1. The number of rotatable bonds is 0. The smallest absolute Gasteiger partial charge is 0.156 e. The number of fused-ring (bicyclic) bond motifs is 1. The summed E-state index contributed by atoms with van der Waals surface area (Å²) in [6.07, 6.45) is 3.48. The zero-order chi connectivity index (χ0) is 7.84. The first-order valence-corrected chi connectivity index (χ1v) is 3.53. The van der Waals surface area contributed by atoms with Gasteiger partial charge in [-0.05, 0) is 12.1 Å². The predicted molar refractivity (Wildman–Crippen MR) is 44.6 cm³/mol. The largest absolute Gasteiger partial charge is 0.397 e. The van der Waals surface area contributed by atoms with Gasteiger partial charge in [-0.15, -0.1) is 0 Å². The average molecular weight is 168 g/mol. The van der Waals surface area contributed by atoms with Crippen LogP contribution in [0.2, 0.25) is 5.15 Å². The lowest BCUT2D eigenvalue weighted by molar-refractivity contribution is 1.16. The van der Waals surface area contributed by atoms with Gasteiger partial charge >= 0.3 is 0 Å². The van der Waals surface area contributed by atoms with E-state index in [9.17, 15) is 0 Å². The molecule has 0 radical (unpaired) electrons. The summed E-state index contributed by atoms with van der Waals surface area (Å²) in [5.41, 5.74) is 7.08. The summed E-state index contributed by atoms with van der Waals surface area (Å²) < 4.78 is 1.79. The average Bonchev–Trinajstić information content (AvgIpc) is 2.34. The van der Waals surface area contributed by atoms with Crippen molar-refractivity contribution in [1.82, 2.24) is 9.38 Å². The topological polar surface area (TPSA) is 43.3 Å². The van der Waals surface area contributed by atoms with Gasteiger partial charge < -0.3 is 10.1 Å². The summed E-state index contributed by atoms with van der Waals surface area (Å²) in [6, 6.07) is 3.64. The molecule has 0 saturated heterocycles. The number of aromatic nitrogens is 2. The van der Waals surface area contributed by atoms with Crippen molar-refractivity contribution in [2.45, 2.75) is 0 Å². The number of nitrogens with zero attached hydrogens (tertiary/aromatic N) is 2. The van der Waals surface area contributed by atoms with Crippen LogP contribution < -0.4 is 5.73 Å². The van der Waals surface area contributed by atoms with Crippen LogP contribution in [0.25, 0.3) is 5.52 Å².